The van der Waals surface area contributed by atoms with E-state index in [1.165, 1.54) is 35.4 Å². The van der Waals surface area contributed by atoms with E-state index in [9.17, 15) is 18.7 Å². The molecule has 35 heavy (non-hydrogen) atoms. The molecule has 1 N–H and O–H groups in total. The smallest absolute Gasteiger partial charge is 0.253 e. The van der Waals surface area contributed by atoms with Crippen LogP contribution in [-0.2, 0) is 18.8 Å². The number of benzene rings is 3. The van der Waals surface area contributed by atoms with Gasteiger partial charge in [0.2, 0.25) is 0 Å². The first-order chi connectivity index (χ1) is 16.8. The molecule has 180 valence electrons. The summed E-state index contributed by atoms with van der Waals surface area (Å²) in [5, 5.41) is 15.4. The third-order valence-electron chi connectivity index (χ3n) is 5.52. The summed E-state index contributed by atoms with van der Waals surface area (Å²) in [5.41, 5.74) is -0.665. The van der Waals surface area contributed by atoms with Crippen LogP contribution in [0.15, 0.2) is 85.5 Å². The van der Waals surface area contributed by atoms with Gasteiger partial charge in [0, 0.05) is 24.2 Å². The third kappa shape index (κ3) is 5.88. The fourth-order valence-corrected chi connectivity index (χ4v) is 3.79. The maximum absolute atomic E-state index is 14.6. The van der Waals surface area contributed by atoms with E-state index < -0.39 is 17.2 Å². The molecule has 1 unspecified atom stereocenters. The lowest BCUT2D eigenvalue weighted by Gasteiger charge is -2.33. The Morgan fingerprint density at radius 2 is 1.83 bits per heavy atom. The van der Waals surface area contributed by atoms with Crippen molar-refractivity contribution in [3.8, 4) is 5.75 Å². The van der Waals surface area contributed by atoms with Crippen molar-refractivity contribution in [1.29, 1.82) is 0 Å². The minimum atomic E-state index is -1.89. The Labute approximate surface area is 201 Å². The third-order valence-corrected chi connectivity index (χ3v) is 5.52. The van der Waals surface area contributed by atoms with Gasteiger partial charge in [0.15, 0.2) is 0 Å². The molecule has 0 bridgehead atoms. The Morgan fingerprint density at radius 1 is 1.09 bits per heavy atom. The summed E-state index contributed by atoms with van der Waals surface area (Å²) in [6.45, 7) is -0.0769. The second-order valence-electron chi connectivity index (χ2n) is 8.21. The Bertz CT molecular complexity index is 1270. The van der Waals surface area contributed by atoms with Gasteiger partial charge in [0.1, 0.15) is 42.2 Å². The molecule has 0 aliphatic heterocycles. The zero-order valence-electron chi connectivity index (χ0n) is 19.0. The van der Waals surface area contributed by atoms with Gasteiger partial charge in [-0.1, -0.05) is 36.4 Å². The normalized spacial score (nSPS) is 12.7. The number of rotatable bonds is 9. The van der Waals surface area contributed by atoms with Gasteiger partial charge in [-0.15, -0.1) is 0 Å². The number of carbonyl (C=O) groups excluding carboxylic acids is 1. The molecule has 3 aromatic carbocycles. The van der Waals surface area contributed by atoms with E-state index in [1.54, 1.807) is 24.3 Å². The van der Waals surface area contributed by atoms with Gasteiger partial charge in [0.05, 0.1) is 13.1 Å². The molecule has 1 amide bonds. The van der Waals surface area contributed by atoms with Crippen LogP contribution in [0.4, 0.5) is 8.78 Å². The Balaban J connectivity index is 1.49. The van der Waals surface area contributed by atoms with Crippen molar-refractivity contribution in [2.45, 2.75) is 18.8 Å². The summed E-state index contributed by atoms with van der Waals surface area (Å²) < 4.78 is 35.2. The zero-order chi connectivity index (χ0) is 24.8. The van der Waals surface area contributed by atoms with Crippen LogP contribution in [0.3, 0.4) is 0 Å². The van der Waals surface area contributed by atoms with Crippen LogP contribution >= 0.6 is 0 Å². The van der Waals surface area contributed by atoms with Crippen LogP contribution in [0, 0.1) is 11.6 Å². The number of hydrogen-bond acceptors (Lipinski definition) is 5. The number of aromatic nitrogens is 3. The molecule has 4 aromatic rings. The number of carbonyl (C=O) groups is 1. The summed E-state index contributed by atoms with van der Waals surface area (Å²) in [5.74, 6) is -1.48. The zero-order valence-corrected chi connectivity index (χ0v) is 19.0. The van der Waals surface area contributed by atoms with Gasteiger partial charge >= 0.3 is 0 Å². The van der Waals surface area contributed by atoms with E-state index in [0.717, 1.165) is 11.6 Å². The van der Waals surface area contributed by atoms with Crippen LogP contribution in [0.25, 0.3) is 0 Å². The summed E-state index contributed by atoms with van der Waals surface area (Å²) >= 11 is 0. The van der Waals surface area contributed by atoms with Gasteiger partial charge in [0.25, 0.3) is 5.91 Å². The molecule has 1 heterocycles. The van der Waals surface area contributed by atoms with Crippen molar-refractivity contribution in [3.63, 3.8) is 0 Å². The van der Waals surface area contributed by atoms with Crippen molar-refractivity contribution in [2.75, 3.05) is 13.6 Å². The highest BCUT2D eigenvalue weighted by Crippen LogP contribution is 2.28. The van der Waals surface area contributed by atoms with Crippen LogP contribution in [0.2, 0.25) is 0 Å². The van der Waals surface area contributed by atoms with Gasteiger partial charge in [-0.3, -0.25) is 4.79 Å². The molecule has 0 saturated heterocycles. The Hall–Kier alpha value is -4.11. The van der Waals surface area contributed by atoms with Crippen molar-refractivity contribution in [3.05, 3.63) is 114 Å². The van der Waals surface area contributed by atoms with Crippen LogP contribution < -0.4 is 4.74 Å². The van der Waals surface area contributed by atoms with E-state index in [0.29, 0.717) is 24.0 Å². The second kappa shape index (κ2) is 10.4. The fraction of sp³-hybridized carbons (Fsp3) is 0.192. The van der Waals surface area contributed by atoms with Crippen molar-refractivity contribution < 1.29 is 23.4 Å². The van der Waals surface area contributed by atoms with Gasteiger partial charge in [-0.2, -0.15) is 5.10 Å². The first-order valence-corrected chi connectivity index (χ1v) is 10.9. The molecule has 1 aromatic heterocycles. The number of likely N-dealkylation sites (N-methyl/N-ethyl adjacent to an activating group) is 1. The lowest BCUT2D eigenvalue weighted by atomic mass is 9.92. The monoisotopic (exact) mass is 478 g/mol. The predicted molar refractivity (Wildman–Crippen MR) is 124 cm³/mol. The van der Waals surface area contributed by atoms with Gasteiger partial charge in [-0.25, -0.2) is 18.4 Å². The van der Waals surface area contributed by atoms with E-state index >= 15 is 0 Å². The molecule has 0 aliphatic rings. The van der Waals surface area contributed by atoms with Crippen molar-refractivity contribution in [1.82, 2.24) is 19.7 Å². The number of aliphatic hydroxyl groups is 1. The maximum Gasteiger partial charge on any atom is 0.253 e. The number of hydrogen-bond donors (Lipinski definition) is 1. The van der Waals surface area contributed by atoms with E-state index in [4.69, 9.17) is 4.74 Å². The van der Waals surface area contributed by atoms with Gasteiger partial charge < -0.3 is 14.7 Å². The fourth-order valence-electron chi connectivity index (χ4n) is 3.79. The first kappa shape index (κ1) is 24.0. The minimum Gasteiger partial charge on any atom is -0.489 e. The first-order valence-electron chi connectivity index (χ1n) is 10.9. The lowest BCUT2D eigenvalue weighted by molar-refractivity contribution is -0.0129. The highest BCUT2D eigenvalue weighted by molar-refractivity contribution is 5.94. The molecule has 0 radical (unpaired) electrons. The molecule has 1 atom stereocenters. The molecule has 9 heteroatoms. The molecule has 0 saturated carbocycles. The average molecular weight is 478 g/mol. The number of nitrogens with zero attached hydrogens (tertiary/aromatic N) is 4. The summed E-state index contributed by atoms with van der Waals surface area (Å²) in [4.78, 5) is 18.2. The maximum atomic E-state index is 14.6. The molecular weight excluding hydrogens is 454 g/mol. The van der Waals surface area contributed by atoms with E-state index in [-0.39, 0.29) is 24.6 Å². The standard InChI is InChI=1S/C26H24F2N4O3/c1-31(25(33)20-7-10-22(11-8-20)35-14-19-5-3-2-4-6-19)15-26(34,16-32-18-29-17-30-32)23-12-9-21(27)13-24(23)28/h2-13,17-18,34H,14-16H2,1H3. The summed E-state index contributed by atoms with van der Waals surface area (Å²) in [6.07, 6.45) is 2.64. The molecule has 0 aliphatic carbocycles. The number of halogens is 2. The molecular formula is C26H24F2N4O3. The largest absolute Gasteiger partial charge is 0.489 e. The van der Waals surface area contributed by atoms with Crippen LogP contribution in [0.5, 0.6) is 5.75 Å². The second-order valence-corrected chi connectivity index (χ2v) is 8.21. The Morgan fingerprint density at radius 3 is 2.49 bits per heavy atom. The van der Waals surface area contributed by atoms with Crippen molar-refractivity contribution in [2.24, 2.45) is 0 Å². The number of ether oxygens (including phenoxy) is 1. The quantitative estimate of drug-likeness (QED) is 0.396. The highest BCUT2D eigenvalue weighted by atomic mass is 19.1. The SMILES string of the molecule is CN(CC(O)(Cn1cncn1)c1ccc(F)cc1F)C(=O)c1ccc(OCc2ccccc2)cc1. The highest BCUT2D eigenvalue weighted by Gasteiger charge is 2.36. The Kier molecular flexibility index (Phi) is 7.17. The van der Waals surface area contributed by atoms with E-state index in [1.807, 2.05) is 30.3 Å². The van der Waals surface area contributed by atoms with Crippen LogP contribution in [-0.4, -0.2) is 44.3 Å². The predicted octanol–water partition coefficient (Wildman–Crippen LogP) is 3.80. The average Bonchev–Trinajstić information content (AvgIpc) is 3.35. The minimum absolute atomic E-state index is 0.154. The molecule has 7 nitrogen and oxygen atoms in total. The summed E-state index contributed by atoms with van der Waals surface area (Å²) in [6, 6.07) is 19.2. The molecule has 0 fully saturated rings. The van der Waals surface area contributed by atoms with Crippen LogP contribution in [0.1, 0.15) is 21.5 Å². The molecule has 0 spiro atoms. The lowest BCUT2D eigenvalue weighted by Crippen LogP contribution is -2.45. The van der Waals surface area contributed by atoms with Crippen molar-refractivity contribution >= 4 is 5.91 Å². The molecule has 4 rings (SSSR count). The topological polar surface area (TPSA) is 80.5 Å². The van der Waals surface area contributed by atoms with E-state index in [2.05, 4.69) is 10.1 Å². The summed E-state index contributed by atoms with van der Waals surface area (Å²) in [7, 11) is 1.50. The number of amides is 1. The van der Waals surface area contributed by atoms with Gasteiger partial charge in [-0.05, 0) is 35.9 Å².